The summed E-state index contributed by atoms with van der Waals surface area (Å²) in [6.45, 7) is 1.13. The molecule has 0 saturated heterocycles. The maximum atomic E-state index is 13.2. The Morgan fingerprint density at radius 1 is 0.786 bits per heavy atom. The van der Waals surface area contributed by atoms with Crippen molar-refractivity contribution in [2.24, 2.45) is 0 Å². The lowest BCUT2D eigenvalue weighted by molar-refractivity contribution is -0.131. The fourth-order valence-corrected chi connectivity index (χ4v) is 3.11. The smallest absolute Gasteiger partial charge is 0.227 e. The topological polar surface area (TPSA) is 38.8 Å². The molecule has 0 N–H and O–H groups in total. The summed E-state index contributed by atoms with van der Waals surface area (Å²) >= 11 is 0. The lowest BCUT2D eigenvalue weighted by Gasteiger charge is -2.24. The van der Waals surface area contributed by atoms with E-state index in [0.29, 0.717) is 24.6 Å². The zero-order valence-corrected chi connectivity index (χ0v) is 16.3. The third kappa shape index (κ3) is 5.13. The van der Waals surface area contributed by atoms with Crippen molar-refractivity contribution < 1.29 is 14.3 Å². The molecule has 0 radical (unpaired) electrons. The van der Waals surface area contributed by atoms with Gasteiger partial charge in [-0.3, -0.25) is 4.79 Å². The van der Waals surface area contributed by atoms with Gasteiger partial charge in [0.2, 0.25) is 5.91 Å². The molecule has 144 valence electrons. The molecule has 0 spiro atoms. The highest BCUT2D eigenvalue weighted by Crippen LogP contribution is 2.26. The van der Waals surface area contributed by atoms with Crippen LogP contribution in [0.5, 0.6) is 11.5 Å². The van der Waals surface area contributed by atoms with Crippen LogP contribution in [0.15, 0.2) is 78.9 Å². The summed E-state index contributed by atoms with van der Waals surface area (Å²) in [6, 6.07) is 25.6. The highest BCUT2D eigenvalue weighted by atomic mass is 16.5. The van der Waals surface area contributed by atoms with E-state index >= 15 is 0 Å². The van der Waals surface area contributed by atoms with Gasteiger partial charge in [0.05, 0.1) is 20.6 Å². The first-order valence-electron chi connectivity index (χ1n) is 9.26. The number of benzene rings is 3. The summed E-state index contributed by atoms with van der Waals surface area (Å²) in [4.78, 5) is 15.1. The van der Waals surface area contributed by atoms with E-state index < -0.39 is 0 Å². The van der Waals surface area contributed by atoms with Crippen LogP contribution in [-0.2, 0) is 24.3 Å². The lowest BCUT2D eigenvalue weighted by Crippen LogP contribution is -2.31. The first kappa shape index (κ1) is 19.5. The molecule has 3 aromatic rings. The van der Waals surface area contributed by atoms with E-state index in [1.54, 1.807) is 20.3 Å². The van der Waals surface area contributed by atoms with Crippen molar-refractivity contribution in [2.75, 3.05) is 14.2 Å². The first-order valence-corrected chi connectivity index (χ1v) is 9.26. The zero-order chi connectivity index (χ0) is 19.8. The number of ether oxygens (including phenoxy) is 2. The third-order valence-electron chi connectivity index (χ3n) is 4.62. The Kier molecular flexibility index (Phi) is 6.68. The second kappa shape index (κ2) is 9.60. The molecule has 0 atom stereocenters. The Hall–Kier alpha value is -3.27. The van der Waals surface area contributed by atoms with E-state index in [9.17, 15) is 4.79 Å². The normalized spacial score (nSPS) is 10.4. The van der Waals surface area contributed by atoms with Gasteiger partial charge in [-0.15, -0.1) is 0 Å². The Balaban J connectivity index is 1.81. The van der Waals surface area contributed by atoms with Gasteiger partial charge in [0, 0.05) is 24.7 Å². The molecular weight excluding hydrogens is 350 g/mol. The molecule has 0 saturated carbocycles. The van der Waals surface area contributed by atoms with Crippen LogP contribution in [0.1, 0.15) is 16.7 Å². The molecule has 3 aromatic carbocycles. The molecule has 0 aliphatic rings. The van der Waals surface area contributed by atoms with Crippen molar-refractivity contribution in [1.29, 1.82) is 0 Å². The molecular formula is C24H25NO3. The number of rotatable bonds is 8. The van der Waals surface area contributed by atoms with Gasteiger partial charge >= 0.3 is 0 Å². The van der Waals surface area contributed by atoms with Gasteiger partial charge in [0.15, 0.2) is 0 Å². The molecule has 3 rings (SSSR count). The number of hydrogen-bond acceptors (Lipinski definition) is 3. The number of hydrogen-bond donors (Lipinski definition) is 0. The predicted octanol–water partition coefficient (Wildman–Crippen LogP) is 4.48. The Labute approximate surface area is 166 Å². The van der Waals surface area contributed by atoms with Crippen LogP contribution >= 0.6 is 0 Å². The molecule has 0 heterocycles. The van der Waals surface area contributed by atoms with Crippen LogP contribution in [0.2, 0.25) is 0 Å². The van der Waals surface area contributed by atoms with Gasteiger partial charge in [0.1, 0.15) is 11.5 Å². The van der Waals surface area contributed by atoms with E-state index in [1.165, 1.54) is 0 Å². The van der Waals surface area contributed by atoms with Gasteiger partial charge in [-0.1, -0.05) is 66.7 Å². The van der Waals surface area contributed by atoms with E-state index in [2.05, 4.69) is 0 Å². The summed E-state index contributed by atoms with van der Waals surface area (Å²) in [5, 5.41) is 0. The molecule has 0 unspecified atom stereocenters. The van der Waals surface area contributed by atoms with Crippen molar-refractivity contribution in [3.05, 3.63) is 95.6 Å². The molecule has 4 heteroatoms. The molecule has 4 nitrogen and oxygen atoms in total. The average molecular weight is 375 g/mol. The number of carbonyl (C=O) groups is 1. The average Bonchev–Trinajstić information content (AvgIpc) is 2.75. The largest absolute Gasteiger partial charge is 0.497 e. The SMILES string of the molecule is COc1ccc(CC(=O)N(Cc2ccccc2)Cc2ccccc2)c(OC)c1. The van der Waals surface area contributed by atoms with E-state index in [1.807, 2.05) is 77.7 Å². The summed E-state index contributed by atoms with van der Waals surface area (Å²) in [5.74, 6) is 1.42. The van der Waals surface area contributed by atoms with E-state index in [0.717, 1.165) is 16.7 Å². The van der Waals surface area contributed by atoms with Crippen molar-refractivity contribution in [3.63, 3.8) is 0 Å². The molecule has 28 heavy (non-hydrogen) atoms. The quantitative estimate of drug-likeness (QED) is 0.583. The standard InChI is InChI=1S/C24H25NO3/c1-27-22-14-13-21(23(16-22)28-2)15-24(26)25(17-19-9-5-3-6-10-19)18-20-11-7-4-8-12-20/h3-14,16H,15,17-18H2,1-2H3. The molecule has 0 fully saturated rings. The summed E-state index contributed by atoms with van der Waals surface area (Å²) in [7, 11) is 3.22. The van der Waals surface area contributed by atoms with Crippen LogP contribution in [0.3, 0.4) is 0 Å². The van der Waals surface area contributed by atoms with Crippen LogP contribution in [-0.4, -0.2) is 25.0 Å². The minimum absolute atomic E-state index is 0.0520. The van der Waals surface area contributed by atoms with Gasteiger partial charge in [0.25, 0.3) is 0 Å². The van der Waals surface area contributed by atoms with Crippen LogP contribution in [0, 0.1) is 0 Å². The third-order valence-corrected chi connectivity index (χ3v) is 4.62. The lowest BCUT2D eigenvalue weighted by atomic mass is 10.1. The highest BCUT2D eigenvalue weighted by Gasteiger charge is 2.17. The Bertz CT molecular complexity index is 853. The molecule has 0 bridgehead atoms. The number of methoxy groups -OCH3 is 2. The molecule has 1 amide bonds. The zero-order valence-electron chi connectivity index (χ0n) is 16.3. The number of nitrogens with zero attached hydrogens (tertiary/aromatic N) is 1. The van der Waals surface area contributed by atoms with E-state index in [4.69, 9.17) is 9.47 Å². The molecule has 0 aliphatic heterocycles. The molecule has 0 aliphatic carbocycles. The fourth-order valence-electron chi connectivity index (χ4n) is 3.11. The number of carbonyl (C=O) groups excluding carboxylic acids is 1. The monoisotopic (exact) mass is 375 g/mol. The highest BCUT2D eigenvalue weighted by molar-refractivity contribution is 5.79. The summed E-state index contributed by atoms with van der Waals surface area (Å²) in [6.07, 6.45) is 0.271. The van der Waals surface area contributed by atoms with Gasteiger partial charge < -0.3 is 14.4 Å². The van der Waals surface area contributed by atoms with Gasteiger partial charge in [-0.2, -0.15) is 0 Å². The Morgan fingerprint density at radius 3 is 1.86 bits per heavy atom. The summed E-state index contributed by atoms with van der Waals surface area (Å²) < 4.78 is 10.7. The maximum absolute atomic E-state index is 13.2. The second-order valence-corrected chi connectivity index (χ2v) is 6.58. The fraction of sp³-hybridized carbons (Fsp3) is 0.208. The van der Waals surface area contributed by atoms with Crippen LogP contribution in [0.4, 0.5) is 0 Å². The first-order chi connectivity index (χ1) is 13.7. The van der Waals surface area contributed by atoms with Gasteiger partial charge in [-0.05, 0) is 17.2 Å². The minimum Gasteiger partial charge on any atom is -0.497 e. The Morgan fingerprint density at radius 2 is 1.36 bits per heavy atom. The van der Waals surface area contributed by atoms with Crippen LogP contribution in [0.25, 0.3) is 0 Å². The molecule has 0 aromatic heterocycles. The number of amides is 1. The van der Waals surface area contributed by atoms with Crippen molar-refractivity contribution in [1.82, 2.24) is 4.90 Å². The van der Waals surface area contributed by atoms with Crippen molar-refractivity contribution in [3.8, 4) is 11.5 Å². The van der Waals surface area contributed by atoms with E-state index in [-0.39, 0.29) is 12.3 Å². The van der Waals surface area contributed by atoms with Crippen LogP contribution < -0.4 is 9.47 Å². The van der Waals surface area contributed by atoms with Crippen molar-refractivity contribution in [2.45, 2.75) is 19.5 Å². The van der Waals surface area contributed by atoms with Crippen molar-refractivity contribution >= 4 is 5.91 Å². The van der Waals surface area contributed by atoms with Gasteiger partial charge in [-0.25, -0.2) is 0 Å². The summed E-state index contributed by atoms with van der Waals surface area (Å²) in [5.41, 5.74) is 3.06. The minimum atomic E-state index is 0.0520. The second-order valence-electron chi connectivity index (χ2n) is 6.58. The predicted molar refractivity (Wildman–Crippen MR) is 110 cm³/mol. The maximum Gasteiger partial charge on any atom is 0.227 e.